The predicted molar refractivity (Wildman–Crippen MR) is 61.4 cm³/mol. The highest BCUT2D eigenvalue weighted by Crippen LogP contribution is 2.19. The van der Waals surface area contributed by atoms with Gasteiger partial charge >= 0.3 is 0 Å². The SMILES string of the molecule is Cc1nc(C(=O)c2ccc(F)cc2)sc1C. The maximum Gasteiger partial charge on any atom is 0.221 e. The van der Waals surface area contributed by atoms with E-state index in [4.69, 9.17) is 0 Å². The zero-order chi connectivity index (χ0) is 11.7. The fourth-order valence-corrected chi connectivity index (χ4v) is 2.17. The zero-order valence-corrected chi connectivity index (χ0v) is 9.77. The summed E-state index contributed by atoms with van der Waals surface area (Å²) in [6, 6.07) is 5.51. The first-order chi connectivity index (χ1) is 7.58. The number of halogens is 1. The number of thiazole rings is 1. The van der Waals surface area contributed by atoms with Crippen LogP contribution in [0.2, 0.25) is 0 Å². The summed E-state index contributed by atoms with van der Waals surface area (Å²) in [4.78, 5) is 17.2. The second kappa shape index (κ2) is 4.14. The second-order valence-electron chi connectivity index (χ2n) is 3.50. The van der Waals surface area contributed by atoms with E-state index in [1.165, 1.54) is 35.6 Å². The molecule has 2 rings (SSSR count). The van der Waals surface area contributed by atoms with E-state index in [1.54, 1.807) is 0 Å². The Labute approximate surface area is 96.8 Å². The summed E-state index contributed by atoms with van der Waals surface area (Å²) in [5, 5.41) is 0.460. The lowest BCUT2D eigenvalue weighted by Gasteiger charge is -1.96. The molecule has 16 heavy (non-hydrogen) atoms. The fourth-order valence-electron chi connectivity index (χ4n) is 1.29. The van der Waals surface area contributed by atoms with Gasteiger partial charge in [-0.25, -0.2) is 9.37 Å². The summed E-state index contributed by atoms with van der Waals surface area (Å²) in [6.45, 7) is 3.79. The predicted octanol–water partition coefficient (Wildman–Crippen LogP) is 3.13. The number of ketones is 1. The molecule has 0 amide bonds. The smallest absolute Gasteiger partial charge is 0.221 e. The Morgan fingerprint density at radius 2 is 1.88 bits per heavy atom. The first-order valence-electron chi connectivity index (χ1n) is 4.82. The third-order valence-electron chi connectivity index (χ3n) is 2.33. The van der Waals surface area contributed by atoms with Crippen LogP contribution in [0.5, 0.6) is 0 Å². The molecule has 0 atom stereocenters. The van der Waals surface area contributed by atoms with Crippen LogP contribution >= 0.6 is 11.3 Å². The van der Waals surface area contributed by atoms with Crippen molar-refractivity contribution in [3.63, 3.8) is 0 Å². The normalized spacial score (nSPS) is 10.4. The van der Waals surface area contributed by atoms with Gasteiger partial charge < -0.3 is 0 Å². The lowest BCUT2D eigenvalue weighted by molar-refractivity contribution is 0.103. The molecule has 0 unspecified atom stereocenters. The van der Waals surface area contributed by atoms with Crippen molar-refractivity contribution >= 4 is 17.1 Å². The number of hydrogen-bond donors (Lipinski definition) is 0. The lowest BCUT2D eigenvalue weighted by Crippen LogP contribution is -2.00. The Morgan fingerprint density at radius 3 is 2.38 bits per heavy atom. The molecular weight excluding hydrogens is 225 g/mol. The van der Waals surface area contributed by atoms with Crippen molar-refractivity contribution < 1.29 is 9.18 Å². The molecule has 0 fully saturated rings. The van der Waals surface area contributed by atoms with Crippen LogP contribution in [0.4, 0.5) is 4.39 Å². The van der Waals surface area contributed by atoms with E-state index in [-0.39, 0.29) is 11.6 Å². The first kappa shape index (κ1) is 11.0. The Morgan fingerprint density at radius 1 is 1.25 bits per heavy atom. The molecule has 1 heterocycles. The van der Waals surface area contributed by atoms with Gasteiger partial charge in [-0.15, -0.1) is 11.3 Å². The van der Waals surface area contributed by atoms with Gasteiger partial charge in [-0.2, -0.15) is 0 Å². The average molecular weight is 235 g/mol. The molecule has 0 aliphatic carbocycles. The van der Waals surface area contributed by atoms with Gasteiger partial charge in [0.25, 0.3) is 0 Å². The van der Waals surface area contributed by atoms with Crippen LogP contribution in [0.3, 0.4) is 0 Å². The first-order valence-corrected chi connectivity index (χ1v) is 5.64. The van der Waals surface area contributed by atoms with Gasteiger partial charge in [-0.3, -0.25) is 4.79 Å². The van der Waals surface area contributed by atoms with Gasteiger partial charge in [-0.05, 0) is 38.1 Å². The second-order valence-corrected chi connectivity index (χ2v) is 4.70. The van der Waals surface area contributed by atoms with Gasteiger partial charge in [0.1, 0.15) is 5.82 Å². The molecule has 0 N–H and O–H groups in total. The summed E-state index contributed by atoms with van der Waals surface area (Å²) < 4.78 is 12.7. The number of benzene rings is 1. The number of aromatic nitrogens is 1. The Balaban J connectivity index is 2.35. The van der Waals surface area contributed by atoms with Crippen LogP contribution in [-0.2, 0) is 0 Å². The summed E-state index contributed by atoms with van der Waals surface area (Å²) in [7, 11) is 0. The molecule has 2 aromatic rings. The topological polar surface area (TPSA) is 30.0 Å². The van der Waals surface area contributed by atoms with Gasteiger partial charge in [0, 0.05) is 10.4 Å². The fraction of sp³-hybridized carbons (Fsp3) is 0.167. The van der Waals surface area contributed by atoms with Gasteiger partial charge in [0.05, 0.1) is 5.69 Å². The monoisotopic (exact) mass is 235 g/mol. The van der Waals surface area contributed by atoms with E-state index in [0.29, 0.717) is 10.6 Å². The van der Waals surface area contributed by atoms with Crippen molar-refractivity contribution in [3.8, 4) is 0 Å². The molecule has 0 bridgehead atoms. The van der Waals surface area contributed by atoms with E-state index in [9.17, 15) is 9.18 Å². The molecule has 0 radical (unpaired) electrons. The van der Waals surface area contributed by atoms with Crippen molar-refractivity contribution in [2.45, 2.75) is 13.8 Å². The van der Waals surface area contributed by atoms with Crippen molar-refractivity contribution in [2.75, 3.05) is 0 Å². The zero-order valence-electron chi connectivity index (χ0n) is 8.95. The molecule has 0 saturated heterocycles. The van der Waals surface area contributed by atoms with Crippen LogP contribution in [0, 0.1) is 19.7 Å². The molecule has 4 heteroatoms. The maximum atomic E-state index is 12.7. The van der Waals surface area contributed by atoms with Crippen LogP contribution in [0.15, 0.2) is 24.3 Å². The summed E-state index contributed by atoms with van der Waals surface area (Å²) >= 11 is 1.37. The van der Waals surface area contributed by atoms with E-state index in [1.807, 2.05) is 13.8 Å². The molecule has 82 valence electrons. The minimum atomic E-state index is -0.344. The minimum absolute atomic E-state index is 0.152. The van der Waals surface area contributed by atoms with E-state index in [0.717, 1.165) is 10.6 Å². The molecule has 0 aliphatic rings. The third kappa shape index (κ3) is 2.02. The Kier molecular flexibility index (Phi) is 2.83. The number of rotatable bonds is 2. The highest BCUT2D eigenvalue weighted by molar-refractivity contribution is 7.13. The van der Waals surface area contributed by atoms with Crippen LogP contribution in [0.1, 0.15) is 25.9 Å². The van der Waals surface area contributed by atoms with Crippen LogP contribution < -0.4 is 0 Å². The third-order valence-corrected chi connectivity index (χ3v) is 3.40. The minimum Gasteiger partial charge on any atom is -0.286 e. The molecule has 2 nitrogen and oxygen atoms in total. The van der Waals surface area contributed by atoms with E-state index in [2.05, 4.69) is 4.98 Å². The quantitative estimate of drug-likeness (QED) is 0.748. The Hall–Kier alpha value is -1.55. The van der Waals surface area contributed by atoms with Crippen molar-refractivity contribution in [1.82, 2.24) is 4.98 Å². The summed E-state index contributed by atoms with van der Waals surface area (Å²) in [5.74, 6) is -0.496. The van der Waals surface area contributed by atoms with Gasteiger partial charge in [0.2, 0.25) is 5.78 Å². The van der Waals surface area contributed by atoms with Crippen LogP contribution in [0.25, 0.3) is 0 Å². The summed E-state index contributed by atoms with van der Waals surface area (Å²) in [6.07, 6.45) is 0. The maximum absolute atomic E-state index is 12.7. The Bertz CT molecular complexity index is 511. The molecular formula is C12H10FNOS. The van der Waals surface area contributed by atoms with Crippen molar-refractivity contribution in [1.29, 1.82) is 0 Å². The number of carbonyl (C=O) groups is 1. The standard InChI is InChI=1S/C12H10FNOS/c1-7-8(2)16-12(14-7)11(15)9-3-5-10(13)6-4-9/h3-6H,1-2H3. The van der Waals surface area contributed by atoms with Gasteiger partial charge in [-0.1, -0.05) is 0 Å². The molecule has 1 aromatic heterocycles. The molecule has 1 aromatic carbocycles. The van der Waals surface area contributed by atoms with E-state index >= 15 is 0 Å². The van der Waals surface area contributed by atoms with E-state index < -0.39 is 0 Å². The van der Waals surface area contributed by atoms with Crippen molar-refractivity contribution in [2.24, 2.45) is 0 Å². The number of aryl methyl sites for hydroxylation is 2. The van der Waals surface area contributed by atoms with Crippen molar-refractivity contribution in [3.05, 3.63) is 51.2 Å². The number of carbonyl (C=O) groups excluding carboxylic acids is 1. The average Bonchev–Trinajstić information content (AvgIpc) is 2.59. The molecule has 0 saturated carbocycles. The number of hydrogen-bond acceptors (Lipinski definition) is 3. The highest BCUT2D eigenvalue weighted by Gasteiger charge is 2.14. The molecule has 0 aliphatic heterocycles. The summed E-state index contributed by atoms with van der Waals surface area (Å²) in [5.41, 5.74) is 1.34. The lowest BCUT2D eigenvalue weighted by atomic mass is 10.1. The van der Waals surface area contributed by atoms with Gasteiger partial charge in [0.15, 0.2) is 5.01 Å². The van der Waals surface area contributed by atoms with Crippen LogP contribution in [-0.4, -0.2) is 10.8 Å². The highest BCUT2D eigenvalue weighted by atomic mass is 32.1. The molecule has 0 spiro atoms. The largest absolute Gasteiger partial charge is 0.286 e. The number of nitrogens with zero attached hydrogens (tertiary/aromatic N) is 1.